The maximum Gasteiger partial charge on any atom is 0.245 e. The van der Waals surface area contributed by atoms with Crippen LogP contribution >= 0.6 is 11.3 Å². The lowest BCUT2D eigenvalue weighted by molar-refractivity contribution is -0.137. The van der Waals surface area contributed by atoms with Gasteiger partial charge in [-0.1, -0.05) is 0 Å². The van der Waals surface area contributed by atoms with E-state index in [0.717, 1.165) is 17.8 Å². The third kappa shape index (κ3) is 5.02. The van der Waals surface area contributed by atoms with E-state index in [1.807, 2.05) is 5.38 Å². The Balaban J connectivity index is 2.02. The number of nitrogens with one attached hydrogen (secondary N) is 1. The molecule has 126 valence electrons. The summed E-state index contributed by atoms with van der Waals surface area (Å²) in [6.45, 7) is 2.62. The normalized spacial score (nSPS) is 19.2. The Bertz CT molecular complexity index is 561. The van der Waals surface area contributed by atoms with Crippen LogP contribution in [0.25, 0.3) is 0 Å². The smallest absolute Gasteiger partial charge is 0.245 e. The molecule has 0 aromatic carbocycles. The molecule has 1 saturated heterocycles. The molecule has 2 rings (SSSR count). The van der Waals surface area contributed by atoms with Crippen LogP contribution in [0.15, 0.2) is 11.6 Å². The number of piperidine rings is 1. The van der Waals surface area contributed by atoms with Gasteiger partial charge in [-0.05, 0) is 19.3 Å². The second-order valence-corrected chi connectivity index (χ2v) is 6.68. The van der Waals surface area contributed by atoms with Crippen LogP contribution in [-0.4, -0.2) is 46.7 Å². The van der Waals surface area contributed by atoms with E-state index in [0.29, 0.717) is 13.1 Å². The van der Waals surface area contributed by atoms with Gasteiger partial charge in [-0.25, -0.2) is 4.98 Å². The highest BCUT2D eigenvalue weighted by Crippen LogP contribution is 2.28. The maximum absolute atomic E-state index is 12.7. The number of rotatable bonds is 6. The zero-order valence-corrected chi connectivity index (χ0v) is 14.0. The lowest BCUT2D eigenvalue weighted by Gasteiger charge is -2.34. The van der Waals surface area contributed by atoms with Crippen molar-refractivity contribution in [3.63, 3.8) is 0 Å². The standard InChI is InChI=1S/C15H22N4O3S/c1-10(20)18-12(4-5-13(16)21)15(22)19-7-2-3-11(9-19)14-17-6-8-23-14/h6,8,11-12H,2-5,7,9H2,1H3,(H2,16,21)(H,18,20)/t11-,12+/m0/s1. The predicted octanol–water partition coefficient (Wildman–Crippen LogP) is 0.619. The van der Waals surface area contributed by atoms with Crippen molar-refractivity contribution < 1.29 is 14.4 Å². The Morgan fingerprint density at radius 2 is 2.30 bits per heavy atom. The van der Waals surface area contributed by atoms with Gasteiger partial charge in [-0.2, -0.15) is 0 Å². The predicted molar refractivity (Wildman–Crippen MR) is 86.7 cm³/mol. The molecule has 1 fully saturated rings. The summed E-state index contributed by atoms with van der Waals surface area (Å²) < 4.78 is 0. The highest BCUT2D eigenvalue weighted by atomic mass is 32.1. The fourth-order valence-electron chi connectivity index (χ4n) is 2.82. The summed E-state index contributed by atoms with van der Waals surface area (Å²) in [5.41, 5.74) is 5.15. The molecule has 1 aliphatic rings. The number of thiazole rings is 1. The largest absolute Gasteiger partial charge is 0.370 e. The Kier molecular flexibility index (Phi) is 6.09. The molecular weight excluding hydrogens is 316 g/mol. The molecule has 0 saturated carbocycles. The molecule has 0 aliphatic carbocycles. The van der Waals surface area contributed by atoms with Gasteiger partial charge in [0.1, 0.15) is 6.04 Å². The topological polar surface area (TPSA) is 105 Å². The van der Waals surface area contributed by atoms with E-state index in [1.165, 1.54) is 6.92 Å². The first-order chi connectivity index (χ1) is 11.0. The summed E-state index contributed by atoms with van der Waals surface area (Å²) in [6, 6.07) is -0.699. The monoisotopic (exact) mass is 338 g/mol. The second-order valence-electron chi connectivity index (χ2n) is 5.75. The summed E-state index contributed by atoms with van der Waals surface area (Å²) in [5.74, 6) is -0.682. The molecule has 2 atom stereocenters. The van der Waals surface area contributed by atoms with Crippen molar-refractivity contribution in [2.75, 3.05) is 13.1 Å². The van der Waals surface area contributed by atoms with Gasteiger partial charge in [0, 0.05) is 43.9 Å². The van der Waals surface area contributed by atoms with Gasteiger partial charge in [0.05, 0.1) is 5.01 Å². The van der Waals surface area contributed by atoms with Crippen molar-refractivity contribution in [2.24, 2.45) is 5.73 Å². The number of carbonyl (C=O) groups is 3. The molecule has 3 N–H and O–H groups in total. The molecule has 8 heteroatoms. The van der Waals surface area contributed by atoms with E-state index in [4.69, 9.17) is 5.73 Å². The van der Waals surface area contributed by atoms with E-state index in [2.05, 4.69) is 10.3 Å². The molecule has 23 heavy (non-hydrogen) atoms. The second kappa shape index (κ2) is 8.05. The number of hydrogen-bond donors (Lipinski definition) is 2. The average Bonchev–Trinajstić information content (AvgIpc) is 3.05. The van der Waals surface area contributed by atoms with Crippen LogP contribution in [-0.2, 0) is 14.4 Å². The molecular formula is C15H22N4O3S. The summed E-state index contributed by atoms with van der Waals surface area (Å²) >= 11 is 1.60. The molecule has 0 radical (unpaired) electrons. The zero-order valence-electron chi connectivity index (χ0n) is 13.2. The number of primary amides is 1. The number of aromatic nitrogens is 1. The first-order valence-electron chi connectivity index (χ1n) is 7.71. The van der Waals surface area contributed by atoms with Gasteiger partial charge < -0.3 is 16.0 Å². The Morgan fingerprint density at radius 1 is 1.52 bits per heavy atom. The van der Waals surface area contributed by atoms with Gasteiger partial charge in [0.15, 0.2) is 0 Å². The molecule has 1 aromatic rings. The van der Waals surface area contributed by atoms with Crippen molar-refractivity contribution in [2.45, 2.75) is 44.6 Å². The van der Waals surface area contributed by atoms with Gasteiger partial charge in [-0.3, -0.25) is 14.4 Å². The van der Waals surface area contributed by atoms with Crippen LogP contribution in [0.4, 0.5) is 0 Å². The van der Waals surface area contributed by atoms with Crippen molar-refractivity contribution >= 4 is 29.1 Å². The maximum atomic E-state index is 12.7. The van der Waals surface area contributed by atoms with Crippen LogP contribution in [0, 0.1) is 0 Å². The van der Waals surface area contributed by atoms with Gasteiger partial charge >= 0.3 is 0 Å². The van der Waals surface area contributed by atoms with Crippen LogP contribution in [0.3, 0.4) is 0 Å². The fourth-order valence-corrected chi connectivity index (χ4v) is 3.59. The molecule has 3 amide bonds. The summed E-state index contributed by atoms with van der Waals surface area (Å²) in [7, 11) is 0. The van der Waals surface area contributed by atoms with Gasteiger partial charge in [0.2, 0.25) is 17.7 Å². The SMILES string of the molecule is CC(=O)N[C@H](CCC(N)=O)C(=O)N1CCC[C@H](c2nccs2)C1. The number of likely N-dealkylation sites (tertiary alicyclic amines) is 1. The van der Waals surface area contributed by atoms with Crippen molar-refractivity contribution in [1.29, 1.82) is 0 Å². The minimum absolute atomic E-state index is 0.0699. The number of nitrogens with zero attached hydrogens (tertiary/aromatic N) is 2. The highest BCUT2D eigenvalue weighted by molar-refractivity contribution is 7.09. The molecule has 0 bridgehead atoms. The number of amides is 3. The number of hydrogen-bond acceptors (Lipinski definition) is 5. The number of carbonyl (C=O) groups excluding carboxylic acids is 3. The lowest BCUT2D eigenvalue weighted by atomic mass is 9.97. The quantitative estimate of drug-likeness (QED) is 0.793. The van der Waals surface area contributed by atoms with Crippen LogP contribution in [0.2, 0.25) is 0 Å². The summed E-state index contributed by atoms with van der Waals surface area (Å²) in [6.07, 6.45) is 3.97. The Labute approximate surface area is 139 Å². The van der Waals surface area contributed by atoms with E-state index in [1.54, 1.807) is 22.4 Å². The third-order valence-electron chi connectivity index (χ3n) is 3.89. The molecule has 1 aliphatic heterocycles. The molecule has 0 spiro atoms. The molecule has 0 unspecified atom stereocenters. The minimum atomic E-state index is -0.699. The first kappa shape index (κ1) is 17.4. The minimum Gasteiger partial charge on any atom is -0.370 e. The van der Waals surface area contributed by atoms with Crippen LogP contribution in [0.5, 0.6) is 0 Å². The van der Waals surface area contributed by atoms with Crippen molar-refractivity contribution in [1.82, 2.24) is 15.2 Å². The molecule has 2 heterocycles. The van der Waals surface area contributed by atoms with Crippen molar-refractivity contribution in [3.05, 3.63) is 16.6 Å². The molecule has 7 nitrogen and oxygen atoms in total. The van der Waals surface area contributed by atoms with Gasteiger partial charge in [0.25, 0.3) is 0 Å². The van der Waals surface area contributed by atoms with Gasteiger partial charge in [-0.15, -0.1) is 11.3 Å². The Morgan fingerprint density at radius 3 is 2.91 bits per heavy atom. The summed E-state index contributed by atoms with van der Waals surface area (Å²) in [4.78, 5) is 41.1. The van der Waals surface area contributed by atoms with E-state index in [-0.39, 0.29) is 30.6 Å². The number of nitrogens with two attached hydrogens (primary N) is 1. The molecule has 1 aromatic heterocycles. The van der Waals surface area contributed by atoms with E-state index < -0.39 is 11.9 Å². The van der Waals surface area contributed by atoms with Crippen LogP contribution < -0.4 is 11.1 Å². The zero-order chi connectivity index (χ0) is 16.8. The average molecular weight is 338 g/mol. The van der Waals surface area contributed by atoms with E-state index in [9.17, 15) is 14.4 Å². The lowest BCUT2D eigenvalue weighted by Crippen LogP contribution is -2.50. The Hall–Kier alpha value is -1.96. The fraction of sp³-hybridized carbons (Fsp3) is 0.600. The summed E-state index contributed by atoms with van der Waals surface area (Å²) in [5, 5.41) is 5.60. The van der Waals surface area contributed by atoms with Crippen LogP contribution in [0.1, 0.15) is 43.5 Å². The third-order valence-corrected chi connectivity index (χ3v) is 4.83. The van der Waals surface area contributed by atoms with Crippen molar-refractivity contribution in [3.8, 4) is 0 Å². The van der Waals surface area contributed by atoms with E-state index >= 15 is 0 Å². The first-order valence-corrected chi connectivity index (χ1v) is 8.59. The highest BCUT2D eigenvalue weighted by Gasteiger charge is 2.30.